The van der Waals surface area contributed by atoms with E-state index in [4.69, 9.17) is 0 Å². The molecule has 0 saturated heterocycles. The summed E-state index contributed by atoms with van der Waals surface area (Å²) in [5, 5.41) is 20.5. The third-order valence-electron chi connectivity index (χ3n) is 3.06. The first-order valence-corrected chi connectivity index (χ1v) is 6.90. The number of rotatable bonds is 4. The molecule has 0 aliphatic carbocycles. The monoisotopic (exact) mass is 345 g/mol. The van der Waals surface area contributed by atoms with Gasteiger partial charge >= 0.3 is 0 Å². The minimum atomic E-state index is -0.797. The quantitative estimate of drug-likeness (QED) is 0.471. The first kappa shape index (κ1) is 15.0. The Labute approximate surface area is 130 Å². The Morgan fingerprint density at radius 2 is 1.86 bits per heavy atom. The van der Waals surface area contributed by atoms with Crippen molar-refractivity contribution in [3.05, 3.63) is 69.8 Å². The highest BCUT2D eigenvalue weighted by atomic mass is 79.9. The lowest BCUT2D eigenvalue weighted by Gasteiger charge is -2.22. The van der Waals surface area contributed by atoms with E-state index < -0.39 is 11.0 Å². The zero-order valence-corrected chi connectivity index (χ0v) is 12.8. The molecule has 0 saturated carbocycles. The number of para-hydroxylation sites is 1. The molecule has 1 atom stereocenters. The Morgan fingerprint density at radius 3 is 2.43 bits per heavy atom. The predicted octanol–water partition coefficient (Wildman–Crippen LogP) is 4.28. The van der Waals surface area contributed by atoms with Crippen molar-refractivity contribution in [2.45, 2.75) is 13.0 Å². The second-order valence-electron chi connectivity index (χ2n) is 4.49. The molecule has 0 amide bonds. The maximum atomic E-state index is 11.1. The second kappa shape index (κ2) is 6.37. The van der Waals surface area contributed by atoms with Gasteiger partial charge in [0, 0.05) is 11.8 Å². The van der Waals surface area contributed by atoms with Gasteiger partial charge in [0.1, 0.15) is 0 Å². The van der Waals surface area contributed by atoms with E-state index in [9.17, 15) is 15.4 Å². The predicted molar refractivity (Wildman–Crippen MR) is 84.0 cm³/mol. The summed E-state index contributed by atoms with van der Waals surface area (Å²) in [6.07, 6.45) is 0. The summed E-state index contributed by atoms with van der Waals surface area (Å²) in [7, 11) is 0. The van der Waals surface area contributed by atoms with Gasteiger partial charge in [-0.1, -0.05) is 29.8 Å². The molecule has 2 aromatic rings. The number of halogens is 1. The number of nitriles is 1. The Bertz CT molecular complexity index is 695. The van der Waals surface area contributed by atoms with E-state index in [0.717, 1.165) is 11.3 Å². The van der Waals surface area contributed by atoms with Crippen molar-refractivity contribution in [2.75, 3.05) is 3.93 Å². The van der Waals surface area contributed by atoms with Gasteiger partial charge in [-0.15, -0.1) is 0 Å². The molecule has 0 aliphatic heterocycles. The lowest BCUT2D eigenvalue weighted by atomic mass is 10.1. The van der Waals surface area contributed by atoms with Crippen LogP contribution in [0.15, 0.2) is 48.5 Å². The van der Waals surface area contributed by atoms with Gasteiger partial charge in [0.25, 0.3) is 5.69 Å². The molecule has 21 heavy (non-hydrogen) atoms. The molecule has 6 heteroatoms. The van der Waals surface area contributed by atoms with E-state index in [0.29, 0.717) is 5.56 Å². The molecule has 0 fully saturated rings. The fourth-order valence-electron chi connectivity index (χ4n) is 1.96. The van der Waals surface area contributed by atoms with Crippen molar-refractivity contribution in [3.63, 3.8) is 0 Å². The van der Waals surface area contributed by atoms with Crippen LogP contribution in [0.25, 0.3) is 0 Å². The summed E-state index contributed by atoms with van der Waals surface area (Å²) in [5.74, 6) is 0. The summed E-state index contributed by atoms with van der Waals surface area (Å²) in [5.41, 5.74) is 2.13. The molecule has 2 aromatic carbocycles. The molecule has 1 unspecified atom stereocenters. The average molecular weight is 346 g/mol. The number of nitrogens with zero attached hydrogens (tertiary/aromatic N) is 3. The first-order valence-electron chi connectivity index (χ1n) is 6.19. The van der Waals surface area contributed by atoms with Gasteiger partial charge in [0.2, 0.25) is 0 Å². The maximum Gasteiger partial charge on any atom is 0.275 e. The molecule has 0 N–H and O–H groups in total. The van der Waals surface area contributed by atoms with Crippen LogP contribution in [-0.4, -0.2) is 4.92 Å². The SMILES string of the molecule is Cc1ccc(N(Br)C(C#N)c2ccccc2[N+](=O)[O-])cc1. The van der Waals surface area contributed by atoms with Gasteiger partial charge in [-0.3, -0.25) is 14.0 Å². The topological polar surface area (TPSA) is 70.2 Å². The molecule has 106 valence electrons. The summed E-state index contributed by atoms with van der Waals surface area (Å²) >= 11 is 3.35. The van der Waals surface area contributed by atoms with Crippen LogP contribution >= 0.6 is 16.1 Å². The van der Waals surface area contributed by atoms with Crippen LogP contribution in [0.1, 0.15) is 17.2 Å². The van der Waals surface area contributed by atoms with Gasteiger partial charge in [0.15, 0.2) is 6.04 Å². The van der Waals surface area contributed by atoms with Gasteiger partial charge in [0.05, 0.1) is 32.7 Å². The van der Waals surface area contributed by atoms with E-state index in [1.54, 1.807) is 22.1 Å². The van der Waals surface area contributed by atoms with Crippen molar-refractivity contribution in [3.8, 4) is 6.07 Å². The largest absolute Gasteiger partial charge is 0.287 e. The van der Waals surface area contributed by atoms with Crippen molar-refractivity contribution in [1.29, 1.82) is 5.26 Å². The van der Waals surface area contributed by atoms with Gasteiger partial charge in [-0.05, 0) is 25.1 Å². The number of anilines is 1. The van der Waals surface area contributed by atoms with Crippen LogP contribution in [0.5, 0.6) is 0 Å². The zero-order chi connectivity index (χ0) is 15.4. The van der Waals surface area contributed by atoms with Crippen LogP contribution in [0.2, 0.25) is 0 Å². The van der Waals surface area contributed by atoms with E-state index in [2.05, 4.69) is 22.2 Å². The smallest absolute Gasteiger partial charge is 0.275 e. The van der Waals surface area contributed by atoms with E-state index in [1.807, 2.05) is 31.2 Å². The van der Waals surface area contributed by atoms with E-state index in [1.165, 1.54) is 6.07 Å². The van der Waals surface area contributed by atoms with E-state index in [-0.39, 0.29) is 5.69 Å². The fourth-order valence-corrected chi connectivity index (χ4v) is 2.51. The Hall–Kier alpha value is -2.39. The lowest BCUT2D eigenvalue weighted by Crippen LogP contribution is -2.17. The standard InChI is InChI=1S/C15H12BrN3O2/c1-11-6-8-12(9-7-11)18(16)15(10-17)13-4-2-3-5-14(13)19(20)21/h2-9,15H,1H3. The average Bonchev–Trinajstić information content (AvgIpc) is 2.49. The molecule has 0 aliphatic rings. The molecule has 0 radical (unpaired) electrons. The zero-order valence-electron chi connectivity index (χ0n) is 11.2. The highest BCUT2D eigenvalue weighted by Gasteiger charge is 2.26. The highest BCUT2D eigenvalue weighted by molar-refractivity contribution is 9.10. The summed E-state index contributed by atoms with van der Waals surface area (Å²) in [6.45, 7) is 1.96. The molecule has 0 aromatic heterocycles. The summed E-state index contributed by atoms with van der Waals surface area (Å²) < 4.78 is 1.55. The number of hydrogen-bond donors (Lipinski definition) is 0. The summed E-state index contributed by atoms with van der Waals surface area (Å²) in [4.78, 5) is 10.6. The molecule has 0 bridgehead atoms. The number of aryl methyl sites for hydroxylation is 1. The van der Waals surface area contributed by atoms with Gasteiger partial charge in [-0.25, -0.2) is 0 Å². The van der Waals surface area contributed by atoms with Crippen LogP contribution in [0.4, 0.5) is 11.4 Å². The normalized spacial score (nSPS) is 11.5. The van der Waals surface area contributed by atoms with Crippen molar-refractivity contribution >= 4 is 27.5 Å². The third-order valence-corrected chi connectivity index (χ3v) is 3.88. The van der Waals surface area contributed by atoms with Gasteiger partial charge < -0.3 is 0 Å². The van der Waals surface area contributed by atoms with E-state index >= 15 is 0 Å². The lowest BCUT2D eigenvalue weighted by molar-refractivity contribution is -0.385. The fraction of sp³-hybridized carbons (Fsp3) is 0.133. The Kier molecular flexibility index (Phi) is 4.55. The third kappa shape index (κ3) is 3.20. The Balaban J connectivity index is 2.43. The molecule has 5 nitrogen and oxygen atoms in total. The number of nitro groups is 1. The Morgan fingerprint density at radius 1 is 1.24 bits per heavy atom. The maximum absolute atomic E-state index is 11.1. The minimum absolute atomic E-state index is 0.0689. The van der Waals surface area contributed by atoms with Crippen LogP contribution < -0.4 is 3.93 Å². The molecule has 2 rings (SSSR count). The van der Waals surface area contributed by atoms with Crippen LogP contribution in [0, 0.1) is 28.4 Å². The van der Waals surface area contributed by atoms with Crippen LogP contribution in [0.3, 0.4) is 0 Å². The molecule has 0 spiro atoms. The molecule has 0 heterocycles. The second-order valence-corrected chi connectivity index (χ2v) is 5.26. The number of hydrogen-bond acceptors (Lipinski definition) is 4. The molecular formula is C15H12BrN3O2. The van der Waals surface area contributed by atoms with Crippen molar-refractivity contribution < 1.29 is 4.92 Å². The van der Waals surface area contributed by atoms with Crippen LogP contribution in [-0.2, 0) is 0 Å². The number of benzene rings is 2. The summed E-state index contributed by atoms with van der Waals surface area (Å²) in [6, 6.07) is 15.1. The van der Waals surface area contributed by atoms with Crippen molar-refractivity contribution in [2.24, 2.45) is 0 Å². The highest BCUT2D eigenvalue weighted by Crippen LogP contribution is 2.34. The first-order chi connectivity index (χ1) is 10.0. The van der Waals surface area contributed by atoms with Crippen molar-refractivity contribution in [1.82, 2.24) is 0 Å². The number of nitro benzene ring substituents is 1. The van der Waals surface area contributed by atoms with Gasteiger partial charge in [-0.2, -0.15) is 5.26 Å². The molecular weight excluding hydrogens is 334 g/mol. The minimum Gasteiger partial charge on any atom is -0.287 e.